The van der Waals surface area contributed by atoms with Gasteiger partial charge in [-0.15, -0.1) is 0 Å². The number of aromatic nitrogens is 2. The fourth-order valence-electron chi connectivity index (χ4n) is 2.64. The molecule has 1 saturated carbocycles. The van der Waals surface area contributed by atoms with Gasteiger partial charge in [-0.2, -0.15) is 0 Å². The Morgan fingerprint density at radius 3 is 2.81 bits per heavy atom. The molecule has 0 amide bonds. The number of carboxylic acid groups (broad SMARTS) is 1. The summed E-state index contributed by atoms with van der Waals surface area (Å²) in [6.45, 7) is 0. The second-order valence-corrected chi connectivity index (χ2v) is 4.86. The van der Waals surface area contributed by atoms with E-state index in [9.17, 15) is 4.79 Å². The summed E-state index contributed by atoms with van der Waals surface area (Å²) in [5, 5.41) is 9.16. The van der Waals surface area contributed by atoms with E-state index in [4.69, 9.17) is 5.11 Å². The molecule has 4 heteroatoms. The van der Waals surface area contributed by atoms with Crippen LogP contribution < -0.4 is 0 Å². The van der Waals surface area contributed by atoms with E-state index in [0.717, 1.165) is 30.8 Å². The largest absolute Gasteiger partial charge is 0.480 e. The van der Waals surface area contributed by atoms with Crippen LogP contribution in [0, 0.1) is 0 Å². The standard InChI is InChI=1S/C12H16N2O2/c15-12(16)10-5-2-6-11-13-9(7-14(10)11)8-3-1-4-8/h7-8,10H,1-6H2,(H,15,16). The maximum absolute atomic E-state index is 11.1. The SMILES string of the molecule is O=C(O)C1CCCc2nc(C3CCC3)cn21. The molecule has 4 nitrogen and oxygen atoms in total. The molecule has 1 aliphatic carbocycles. The Kier molecular flexibility index (Phi) is 2.23. The molecule has 0 aromatic carbocycles. The molecule has 16 heavy (non-hydrogen) atoms. The topological polar surface area (TPSA) is 55.1 Å². The van der Waals surface area contributed by atoms with Crippen LogP contribution in [0.25, 0.3) is 0 Å². The highest BCUT2D eigenvalue weighted by Gasteiger charge is 2.29. The van der Waals surface area contributed by atoms with Crippen molar-refractivity contribution >= 4 is 5.97 Å². The summed E-state index contributed by atoms with van der Waals surface area (Å²) >= 11 is 0. The van der Waals surface area contributed by atoms with Crippen molar-refractivity contribution in [2.75, 3.05) is 0 Å². The van der Waals surface area contributed by atoms with E-state index in [1.165, 1.54) is 19.3 Å². The van der Waals surface area contributed by atoms with Crippen LogP contribution in [0.5, 0.6) is 0 Å². The molecule has 86 valence electrons. The van der Waals surface area contributed by atoms with Crippen LogP contribution in [0.4, 0.5) is 0 Å². The van der Waals surface area contributed by atoms with Crippen molar-refractivity contribution in [2.24, 2.45) is 0 Å². The highest BCUT2D eigenvalue weighted by Crippen LogP contribution is 2.37. The number of hydrogen-bond donors (Lipinski definition) is 1. The molecule has 1 aromatic rings. The lowest BCUT2D eigenvalue weighted by Crippen LogP contribution is -2.24. The first-order valence-electron chi connectivity index (χ1n) is 6.06. The van der Waals surface area contributed by atoms with Crippen LogP contribution in [0.3, 0.4) is 0 Å². The average Bonchev–Trinajstić information content (AvgIpc) is 2.56. The van der Waals surface area contributed by atoms with Gasteiger partial charge in [-0.05, 0) is 25.7 Å². The van der Waals surface area contributed by atoms with Crippen LogP contribution >= 0.6 is 0 Å². The van der Waals surface area contributed by atoms with Gasteiger partial charge in [0, 0.05) is 18.5 Å². The normalized spacial score (nSPS) is 24.9. The third-order valence-electron chi connectivity index (χ3n) is 3.85. The Bertz CT molecular complexity index is 421. The van der Waals surface area contributed by atoms with Crippen LogP contribution in [-0.4, -0.2) is 20.6 Å². The molecule has 1 aliphatic heterocycles. The van der Waals surface area contributed by atoms with Gasteiger partial charge >= 0.3 is 5.97 Å². The van der Waals surface area contributed by atoms with Gasteiger partial charge in [0.25, 0.3) is 0 Å². The van der Waals surface area contributed by atoms with Crippen molar-refractivity contribution in [3.8, 4) is 0 Å². The molecule has 1 aromatic heterocycles. The van der Waals surface area contributed by atoms with E-state index in [1.54, 1.807) is 0 Å². The number of hydrogen-bond acceptors (Lipinski definition) is 2. The summed E-state index contributed by atoms with van der Waals surface area (Å²) in [4.78, 5) is 15.7. The minimum atomic E-state index is -0.724. The Morgan fingerprint density at radius 2 is 2.19 bits per heavy atom. The molecule has 0 radical (unpaired) electrons. The van der Waals surface area contributed by atoms with Crippen LogP contribution in [0.15, 0.2) is 6.20 Å². The van der Waals surface area contributed by atoms with Gasteiger partial charge in [0.05, 0.1) is 5.69 Å². The number of carbonyl (C=O) groups is 1. The third-order valence-corrected chi connectivity index (χ3v) is 3.85. The monoisotopic (exact) mass is 220 g/mol. The van der Waals surface area contributed by atoms with Crippen molar-refractivity contribution < 1.29 is 9.90 Å². The van der Waals surface area contributed by atoms with Crippen molar-refractivity contribution in [1.82, 2.24) is 9.55 Å². The zero-order valence-electron chi connectivity index (χ0n) is 9.22. The first-order chi connectivity index (χ1) is 7.75. The van der Waals surface area contributed by atoms with E-state index in [2.05, 4.69) is 4.98 Å². The quantitative estimate of drug-likeness (QED) is 0.830. The summed E-state index contributed by atoms with van der Waals surface area (Å²) in [6, 6.07) is -0.384. The highest BCUT2D eigenvalue weighted by atomic mass is 16.4. The number of nitrogens with zero attached hydrogens (tertiary/aromatic N) is 2. The predicted molar refractivity (Wildman–Crippen MR) is 58.4 cm³/mol. The molecule has 2 heterocycles. The number of rotatable bonds is 2. The highest BCUT2D eigenvalue weighted by molar-refractivity contribution is 5.72. The predicted octanol–water partition coefficient (Wildman–Crippen LogP) is 2.11. The molecule has 3 rings (SSSR count). The van der Waals surface area contributed by atoms with Crippen molar-refractivity contribution in [3.63, 3.8) is 0 Å². The first-order valence-corrected chi connectivity index (χ1v) is 6.06. The summed E-state index contributed by atoms with van der Waals surface area (Å²) < 4.78 is 1.89. The summed E-state index contributed by atoms with van der Waals surface area (Å²) in [6.07, 6.45) is 8.31. The minimum absolute atomic E-state index is 0.384. The van der Waals surface area contributed by atoms with Crippen molar-refractivity contribution in [2.45, 2.75) is 50.5 Å². The second kappa shape index (κ2) is 3.61. The zero-order valence-corrected chi connectivity index (χ0v) is 9.22. The Hall–Kier alpha value is -1.32. The molecule has 1 N–H and O–H groups in total. The average molecular weight is 220 g/mol. The van der Waals surface area contributed by atoms with Gasteiger partial charge in [0.2, 0.25) is 0 Å². The molecule has 0 saturated heterocycles. The van der Waals surface area contributed by atoms with Gasteiger partial charge in [0.1, 0.15) is 11.9 Å². The lowest BCUT2D eigenvalue weighted by molar-refractivity contribution is -0.141. The number of aryl methyl sites for hydroxylation is 1. The molecule has 0 spiro atoms. The first kappa shape index (κ1) is 9.87. The smallest absolute Gasteiger partial charge is 0.326 e. The van der Waals surface area contributed by atoms with Crippen molar-refractivity contribution in [3.05, 3.63) is 17.7 Å². The molecule has 1 fully saturated rings. The van der Waals surface area contributed by atoms with Gasteiger partial charge < -0.3 is 9.67 Å². The molecule has 0 bridgehead atoms. The molecule has 1 atom stereocenters. The van der Waals surface area contributed by atoms with E-state index in [1.807, 2.05) is 10.8 Å². The van der Waals surface area contributed by atoms with Crippen molar-refractivity contribution in [1.29, 1.82) is 0 Å². The van der Waals surface area contributed by atoms with Gasteiger partial charge in [-0.25, -0.2) is 9.78 Å². The maximum Gasteiger partial charge on any atom is 0.326 e. The lowest BCUT2D eigenvalue weighted by atomic mass is 9.83. The summed E-state index contributed by atoms with van der Waals surface area (Å²) in [5.41, 5.74) is 1.12. The lowest BCUT2D eigenvalue weighted by Gasteiger charge is -2.23. The Balaban J connectivity index is 1.94. The molecular weight excluding hydrogens is 204 g/mol. The second-order valence-electron chi connectivity index (χ2n) is 4.86. The molecule has 1 unspecified atom stereocenters. The minimum Gasteiger partial charge on any atom is -0.480 e. The Morgan fingerprint density at radius 1 is 1.38 bits per heavy atom. The van der Waals surface area contributed by atoms with Crippen LogP contribution in [-0.2, 0) is 11.2 Å². The summed E-state index contributed by atoms with van der Waals surface area (Å²) in [5.74, 6) is 0.839. The molecule has 2 aliphatic rings. The van der Waals surface area contributed by atoms with Gasteiger partial charge in [-0.1, -0.05) is 6.42 Å². The fourth-order valence-corrected chi connectivity index (χ4v) is 2.64. The Labute approximate surface area is 94.3 Å². The van der Waals surface area contributed by atoms with E-state index in [0.29, 0.717) is 5.92 Å². The summed E-state index contributed by atoms with van der Waals surface area (Å²) in [7, 11) is 0. The molecular formula is C12H16N2O2. The zero-order chi connectivity index (χ0) is 11.1. The van der Waals surface area contributed by atoms with E-state index < -0.39 is 5.97 Å². The van der Waals surface area contributed by atoms with Crippen LogP contribution in [0.1, 0.15) is 55.6 Å². The number of imidazole rings is 1. The maximum atomic E-state index is 11.1. The van der Waals surface area contributed by atoms with Crippen LogP contribution in [0.2, 0.25) is 0 Å². The number of aliphatic carboxylic acids is 1. The van der Waals surface area contributed by atoms with Gasteiger partial charge in [0.15, 0.2) is 0 Å². The number of carboxylic acids is 1. The third kappa shape index (κ3) is 1.44. The van der Waals surface area contributed by atoms with E-state index in [-0.39, 0.29) is 6.04 Å². The van der Waals surface area contributed by atoms with Gasteiger partial charge in [-0.3, -0.25) is 0 Å². The number of fused-ring (bicyclic) bond motifs is 1. The fraction of sp³-hybridized carbons (Fsp3) is 0.667. The van der Waals surface area contributed by atoms with E-state index >= 15 is 0 Å².